The fourth-order valence-electron chi connectivity index (χ4n) is 2.38. The number of carbonyl (C=O) groups excluding carboxylic acids is 1. The molecule has 0 bridgehead atoms. The molecule has 0 aliphatic heterocycles. The first-order valence-electron chi connectivity index (χ1n) is 7.48. The highest BCUT2D eigenvalue weighted by atomic mass is 32.1. The molecule has 1 atom stereocenters. The largest absolute Gasteiger partial charge is 0.443 e. The Balaban J connectivity index is 2.06. The van der Waals surface area contributed by atoms with Crippen molar-refractivity contribution in [1.29, 1.82) is 5.26 Å². The van der Waals surface area contributed by atoms with E-state index in [0.717, 1.165) is 23.5 Å². The van der Waals surface area contributed by atoms with Crippen LogP contribution < -0.4 is 0 Å². The highest BCUT2D eigenvalue weighted by Crippen LogP contribution is 2.34. The van der Waals surface area contributed by atoms with Gasteiger partial charge in [-0.25, -0.2) is 9.48 Å². The minimum absolute atomic E-state index is 0.241. The van der Waals surface area contributed by atoms with Crippen molar-refractivity contribution < 1.29 is 22.7 Å². The number of hydrogen-bond acceptors (Lipinski definition) is 5. The van der Waals surface area contributed by atoms with Gasteiger partial charge in [0.05, 0.1) is 16.9 Å². The van der Waals surface area contributed by atoms with E-state index in [1.807, 2.05) is 0 Å². The van der Waals surface area contributed by atoms with Gasteiger partial charge in [-0.2, -0.15) is 23.5 Å². The normalized spacial score (nSPS) is 12.8. The summed E-state index contributed by atoms with van der Waals surface area (Å²) in [6, 6.07) is 8.17. The van der Waals surface area contributed by atoms with Gasteiger partial charge in [0.2, 0.25) is 0 Å². The van der Waals surface area contributed by atoms with Crippen molar-refractivity contribution in [1.82, 2.24) is 9.78 Å². The molecular formula is C17H12F3N3O2S. The summed E-state index contributed by atoms with van der Waals surface area (Å²) in [6.07, 6.45) is -5.36. The summed E-state index contributed by atoms with van der Waals surface area (Å²) >= 11 is 1.05. The van der Waals surface area contributed by atoms with Crippen LogP contribution in [0.15, 0.2) is 30.3 Å². The number of fused-ring (bicyclic) bond motifs is 1. The first kappa shape index (κ1) is 17.9. The summed E-state index contributed by atoms with van der Waals surface area (Å²) in [5.74, 6) is -0.657. The molecular weight excluding hydrogens is 367 g/mol. The Morgan fingerprint density at radius 1 is 1.38 bits per heavy atom. The molecule has 3 aromatic rings. The van der Waals surface area contributed by atoms with Gasteiger partial charge in [0.25, 0.3) is 0 Å². The summed E-state index contributed by atoms with van der Waals surface area (Å²) in [7, 11) is 0. The molecule has 1 aromatic carbocycles. The highest BCUT2D eigenvalue weighted by Gasteiger charge is 2.31. The first-order chi connectivity index (χ1) is 12.2. The lowest BCUT2D eigenvalue weighted by Gasteiger charge is -2.09. The lowest BCUT2D eigenvalue weighted by atomic mass is 10.2. The lowest BCUT2D eigenvalue weighted by Crippen LogP contribution is -2.11. The van der Waals surface area contributed by atoms with Crippen molar-refractivity contribution in [2.45, 2.75) is 26.1 Å². The number of aromatic nitrogens is 2. The predicted molar refractivity (Wildman–Crippen MR) is 89.2 cm³/mol. The van der Waals surface area contributed by atoms with E-state index in [2.05, 4.69) is 5.10 Å². The number of hydrogen-bond donors (Lipinski definition) is 0. The van der Waals surface area contributed by atoms with Gasteiger partial charge in [0.15, 0.2) is 6.10 Å². The lowest BCUT2D eigenvalue weighted by molar-refractivity contribution is -0.137. The van der Waals surface area contributed by atoms with Crippen LogP contribution in [0.3, 0.4) is 0 Å². The number of halogens is 3. The van der Waals surface area contributed by atoms with Crippen LogP contribution in [0.1, 0.15) is 27.9 Å². The Morgan fingerprint density at radius 2 is 2.12 bits per heavy atom. The summed E-state index contributed by atoms with van der Waals surface area (Å²) in [6.45, 7) is 3.15. The molecule has 3 rings (SSSR count). The fraction of sp³-hybridized carbons (Fsp3) is 0.235. The first-order valence-corrected chi connectivity index (χ1v) is 8.29. The summed E-state index contributed by atoms with van der Waals surface area (Å²) in [4.78, 5) is 12.9. The standard InChI is InChI=1S/C17H12F3N3O2S/c1-9(8-21)25-16(24)14-7-13-10(2)22-23(15(13)26-14)12-5-3-4-11(6-12)17(18,19)20/h3-7,9H,1-2H3/t9-/m1/s1. The monoisotopic (exact) mass is 379 g/mol. The molecule has 0 saturated heterocycles. The van der Waals surface area contributed by atoms with Crippen LogP contribution in [0.25, 0.3) is 15.9 Å². The summed E-state index contributed by atoms with van der Waals surface area (Å²) < 4.78 is 45.2. The Labute approximate surface area is 150 Å². The average Bonchev–Trinajstić information content (AvgIpc) is 3.15. The van der Waals surface area contributed by atoms with E-state index in [4.69, 9.17) is 10.00 Å². The van der Waals surface area contributed by atoms with Crippen molar-refractivity contribution in [3.63, 3.8) is 0 Å². The smallest absolute Gasteiger partial charge is 0.416 e. The molecule has 2 aromatic heterocycles. The van der Waals surface area contributed by atoms with Gasteiger partial charge in [-0.15, -0.1) is 11.3 Å². The molecule has 2 heterocycles. The second-order valence-corrected chi connectivity index (χ2v) is 6.58. The number of alkyl halides is 3. The van der Waals surface area contributed by atoms with Gasteiger partial charge in [-0.3, -0.25) is 0 Å². The van der Waals surface area contributed by atoms with E-state index < -0.39 is 23.8 Å². The van der Waals surface area contributed by atoms with Gasteiger partial charge in [0.1, 0.15) is 15.8 Å². The maximum Gasteiger partial charge on any atom is 0.416 e. The molecule has 0 amide bonds. The van der Waals surface area contributed by atoms with E-state index in [9.17, 15) is 18.0 Å². The third kappa shape index (κ3) is 3.28. The molecule has 0 fully saturated rings. The molecule has 0 N–H and O–H groups in total. The van der Waals surface area contributed by atoms with Crippen molar-refractivity contribution in [2.24, 2.45) is 0 Å². The minimum atomic E-state index is -4.46. The van der Waals surface area contributed by atoms with Gasteiger partial charge in [-0.1, -0.05) is 6.07 Å². The van der Waals surface area contributed by atoms with Crippen LogP contribution in [0, 0.1) is 18.3 Å². The maximum absolute atomic E-state index is 13.0. The second-order valence-electron chi connectivity index (χ2n) is 5.55. The zero-order valence-corrected chi connectivity index (χ0v) is 14.5. The molecule has 0 saturated carbocycles. The molecule has 0 spiro atoms. The van der Waals surface area contributed by atoms with Crippen molar-refractivity contribution in [3.8, 4) is 11.8 Å². The number of rotatable bonds is 3. The third-order valence-corrected chi connectivity index (χ3v) is 4.72. The molecule has 0 aliphatic carbocycles. The molecule has 5 nitrogen and oxygen atoms in total. The van der Waals surface area contributed by atoms with E-state index in [0.29, 0.717) is 15.9 Å². The second kappa shape index (κ2) is 6.46. The van der Waals surface area contributed by atoms with Crippen LogP contribution in [-0.2, 0) is 10.9 Å². The zero-order valence-electron chi connectivity index (χ0n) is 13.7. The molecule has 26 heavy (non-hydrogen) atoms. The molecule has 0 aliphatic rings. The molecule has 134 valence electrons. The van der Waals surface area contributed by atoms with Crippen LogP contribution in [0.5, 0.6) is 0 Å². The summed E-state index contributed by atoms with van der Waals surface area (Å²) in [5.41, 5.74) is 0.0291. The number of thiophene rings is 1. The van der Waals surface area contributed by atoms with Crippen molar-refractivity contribution >= 4 is 27.5 Å². The minimum Gasteiger partial charge on any atom is -0.443 e. The number of aryl methyl sites for hydroxylation is 1. The average molecular weight is 379 g/mol. The van der Waals surface area contributed by atoms with Crippen LogP contribution in [0.4, 0.5) is 13.2 Å². The SMILES string of the molecule is Cc1nn(-c2cccc(C(F)(F)F)c2)c2sc(C(=O)O[C@H](C)C#N)cc12. The number of nitriles is 1. The Bertz CT molecular complexity index is 1030. The maximum atomic E-state index is 13.0. The van der Waals surface area contributed by atoms with E-state index in [1.165, 1.54) is 23.7 Å². The van der Waals surface area contributed by atoms with Gasteiger partial charge >= 0.3 is 12.1 Å². The number of nitrogens with zero attached hydrogens (tertiary/aromatic N) is 3. The molecule has 0 unspecified atom stereocenters. The predicted octanol–water partition coefficient (Wildman–Crippen LogP) is 4.48. The topological polar surface area (TPSA) is 67.9 Å². The number of carbonyl (C=O) groups is 1. The van der Waals surface area contributed by atoms with E-state index in [1.54, 1.807) is 19.1 Å². The third-order valence-electron chi connectivity index (χ3n) is 3.63. The zero-order chi connectivity index (χ0) is 19.1. The van der Waals surface area contributed by atoms with Crippen LogP contribution >= 0.6 is 11.3 Å². The highest BCUT2D eigenvalue weighted by molar-refractivity contribution is 7.20. The van der Waals surface area contributed by atoms with Crippen molar-refractivity contribution in [3.05, 3.63) is 46.5 Å². The quantitative estimate of drug-likeness (QED) is 0.629. The van der Waals surface area contributed by atoms with Gasteiger partial charge in [0, 0.05) is 5.39 Å². The van der Waals surface area contributed by atoms with E-state index >= 15 is 0 Å². The van der Waals surface area contributed by atoms with E-state index in [-0.39, 0.29) is 10.6 Å². The number of ether oxygens (including phenoxy) is 1. The number of benzene rings is 1. The van der Waals surface area contributed by atoms with Crippen LogP contribution in [0.2, 0.25) is 0 Å². The molecule has 0 radical (unpaired) electrons. The van der Waals surface area contributed by atoms with Crippen molar-refractivity contribution in [2.75, 3.05) is 0 Å². The van der Waals surface area contributed by atoms with Crippen LogP contribution in [-0.4, -0.2) is 21.9 Å². The number of esters is 1. The fourth-order valence-corrected chi connectivity index (χ4v) is 3.45. The summed E-state index contributed by atoms with van der Waals surface area (Å²) in [5, 5.41) is 13.6. The molecule has 9 heteroatoms. The Hall–Kier alpha value is -2.86. The van der Waals surface area contributed by atoms with Gasteiger partial charge < -0.3 is 4.74 Å². The van der Waals surface area contributed by atoms with Gasteiger partial charge in [-0.05, 0) is 38.1 Å². The Kier molecular flexibility index (Phi) is 4.46. The Morgan fingerprint density at radius 3 is 2.77 bits per heavy atom.